The molecule has 104 valence electrons. The van der Waals surface area contributed by atoms with E-state index in [-0.39, 0.29) is 0 Å². The Bertz CT molecular complexity index is 391. The van der Waals surface area contributed by atoms with Gasteiger partial charge in [-0.25, -0.2) is 0 Å². The predicted octanol–water partition coefficient (Wildman–Crippen LogP) is 1.62. The summed E-state index contributed by atoms with van der Waals surface area (Å²) in [4.78, 5) is 2.52. The van der Waals surface area contributed by atoms with Crippen molar-refractivity contribution in [1.82, 2.24) is 10.2 Å². The molecule has 0 spiro atoms. The lowest BCUT2D eigenvalue weighted by Crippen LogP contribution is -2.52. The number of hydrogen-bond acceptors (Lipinski definition) is 3. The van der Waals surface area contributed by atoms with Crippen LogP contribution in [0.25, 0.3) is 0 Å². The number of likely N-dealkylation sites (tertiary alicyclic amines) is 1. The molecule has 1 aliphatic heterocycles. The number of nitrogens with one attached hydrogen (secondary N) is 1. The van der Waals surface area contributed by atoms with Crippen molar-refractivity contribution < 1.29 is 5.11 Å². The van der Waals surface area contributed by atoms with Gasteiger partial charge in [-0.15, -0.1) is 0 Å². The summed E-state index contributed by atoms with van der Waals surface area (Å²) >= 11 is 0. The minimum atomic E-state index is 0.323. The Morgan fingerprint density at radius 1 is 1.16 bits per heavy atom. The zero-order valence-corrected chi connectivity index (χ0v) is 11.5. The van der Waals surface area contributed by atoms with Gasteiger partial charge in [0, 0.05) is 31.8 Å². The first-order valence-corrected chi connectivity index (χ1v) is 7.48. The van der Waals surface area contributed by atoms with E-state index in [1.807, 2.05) is 0 Å². The van der Waals surface area contributed by atoms with Gasteiger partial charge in [0.2, 0.25) is 0 Å². The van der Waals surface area contributed by atoms with Crippen LogP contribution >= 0.6 is 0 Å². The van der Waals surface area contributed by atoms with Crippen molar-refractivity contribution in [2.45, 2.75) is 37.9 Å². The molecule has 0 amide bonds. The molecular weight excluding hydrogens is 236 g/mol. The molecule has 0 radical (unpaired) electrons. The highest BCUT2D eigenvalue weighted by Crippen LogP contribution is 2.25. The van der Waals surface area contributed by atoms with Gasteiger partial charge in [-0.05, 0) is 37.3 Å². The summed E-state index contributed by atoms with van der Waals surface area (Å²) in [6.45, 7) is 3.52. The maximum absolute atomic E-state index is 9.51. The van der Waals surface area contributed by atoms with Crippen molar-refractivity contribution in [2.24, 2.45) is 5.92 Å². The zero-order valence-electron chi connectivity index (χ0n) is 11.5. The van der Waals surface area contributed by atoms with Crippen LogP contribution in [0.4, 0.5) is 0 Å². The first-order valence-electron chi connectivity index (χ1n) is 7.48. The number of piperidine rings is 1. The van der Waals surface area contributed by atoms with Crippen molar-refractivity contribution in [3.05, 3.63) is 35.9 Å². The fraction of sp³-hybridized carbons (Fsp3) is 0.625. The lowest BCUT2D eigenvalue weighted by atomic mass is 9.92. The van der Waals surface area contributed by atoms with Gasteiger partial charge in [-0.3, -0.25) is 4.90 Å². The van der Waals surface area contributed by atoms with Gasteiger partial charge in [0.1, 0.15) is 0 Å². The van der Waals surface area contributed by atoms with E-state index in [1.54, 1.807) is 0 Å². The molecule has 0 aromatic heterocycles. The van der Waals surface area contributed by atoms with Gasteiger partial charge in [-0.1, -0.05) is 30.3 Å². The van der Waals surface area contributed by atoms with Crippen molar-refractivity contribution in [1.29, 1.82) is 0 Å². The molecule has 2 fully saturated rings. The lowest BCUT2D eigenvalue weighted by molar-refractivity contribution is 0.0906. The number of aliphatic hydroxyl groups excluding tert-OH is 1. The molecule has 2 atom stereocenters. The maximum atomic E-state index is 9.51. The van der Waals surface area contributed by atoms with E-state index in [0.29, 0.717) is 18.6 Å². The first kappa shape index (κ1) is 13.1. The van der Waals surface area contributed by atoms with Gasteiger partial charge in [0.15, 0.2) is 0 Å². The topological polar surface area (TPSA) is 35.5 Å². The van der Waals surface area contributed by atoms with Crippen LogP contribution in [0.1, 0.15) is 24.8 Å². The molecule has 1 saturated carbocycles. The van der Waals surface area contributed by atoms with Crippen molar-refractivity contribution in [2.75, 3.05) is 19.7 Å². The molecular formula is C16H24N2O. The van der Waals surface area contributed by atoms with Crippen LogP contribution in [-0.4, -0.2) is 41.8 Å². The minimum Gasteiger partial charge on any atom is -0.396 e. The van der Waals surface area contributed by atoms with E-state index in [4.69, 9.17) is 0 Å². The van der Waals surface area contributed by atoms with Gasteiger partial charge in [0.25, 0.3) is 0 Å². The highest BCUT2D eigenvalue weighted by atomic mass is 16.3. The predicted molar refractivity (Wildman–Crippen MR) is 76.9 cm³/mol. The fourth-order valence-electron chi connectivity index (χ4n) is 3.01. The Labute approximate surface area is 115 Å². The number of aliphatic hydroxyl groups is 1. The molecule has 2 N–H and O–H groups in total. The summed E-state index contributed by atoms with van der Waals surface area (Å²) in [7, 11) is 0. The standard InChI is InChI=1S/C16H24N2O/c19-12-14-8-9-18(10-13-4-2-1-3-5-13)11-16(14)17-15-6-7-15/h1-5,14-17,19H,6-12H2/t14-,16-/m0/s1. The van der Waals surface area contributed by atoms with Gasteiger partial charge < -0.3 is 10.4 Å². The van der Waals surface area contributed by atoms with Crippen molar-refractivity contribution in [3.8, 4) is 0 Å². The van der Waals surface area contributed by atoms with E-state index in [2.05, 4.69) is 40.5 Å². The number of rotatable bonds is 5. The second kappa shape index (κ2) is 6.04. The van der Waals surface area contributed by atoms with E-state index in [9.17, 15) is 5.11 Å². The van der Waals surface area contributed by atoms with Crippen LogP contribution < -0.4 is 5.32 Å². The van der Waals surface area contributed by atoms with Crippen LogP contribution in [0.3, 0.4) is 0 Å². The summed E-state index contributed by atoms with van der Waals surface area (Å²) < 4.78 is 0. The van der Waals surface area contributed by atoms with Crippen LogP contribution in [0.5, 0.6) is 0 Å². The summed E-state index contributed by atoms with van der Waals surface area (Å²) in [6.07, 6.45) is 3.73. The van der Waals surface area contributed by atoms with Crippen LogP contribution in [-0.2, 0) is 6.54 Å². The number of benzene rings is 1. The van der Waals surface area contributed by atoms with Crippen LogP contribution in [0.15, 0.2) is 30.3 Å². The summed E-state index contributed by atoms with van der Waals surface area (Å²) in [6, 6.07) is 11.9. The third kappa shape index (κ3) is 3.56. The highest BCUT2D eigenvalue weighted by Gasteiger charge is 2.33. The Balaban J connectivity index is 1.58. The van der Waals surface area contributed by atoms with Gasteiger partial charge in [-0.2, -0.15) is 0 Å². The van der Waals surface area contributed by atoms with Crippen LogP contribution in [0, 0.1) is 5.92 Å². The van der Waals surface area contributed by atoms with Gasteiger partial charge >= 0.3 is 0 Å². The molecule has 0 unspecified atom stereocenters. The smallest absolute Gasteiger partial charge is 0.0475 e. The third-order valence-electron chi connectivity index (χ3n) is 4.35. The minimum absolute atomic E-state index is 0.323. The average molecular weight is 260 g/mol. The second-order valence-corrected chi connectivity index (χ2v) is 6.00. The Hall–Kier alpha value is -0.900. The molecule has 1 saturated heterocycles. The SMILES string of the molecule is OC[C@@H]1CCN(Cc2ccccc2)C[C@@H]1NC1CC1. The van der Waals surface area contributed by atoms with E-state index < -0.39 is 0 Å². The summed E-state index contributed by atoms with van der Waals surface area (Å²) in [5, 5.41) is 13.2. The summed E-state index contributed by atoms with van der Waals surface area (Å²) in [5.41, 5.74) is 1.38. The Morgan fingerprint density at radius 2 is 1.95 bits per heavy atom. The number of nitrogens with zero attached hydrogens (tertiary/aromatic N) is 1. The Kier molecular flexibility index (Phi) is 4.16. The zero-order chi connectivity index (χ0) is 13.1. The molecule has 1 aliphatic carbocycles. The normalized spacial score (nSPS) is 28.5. The largest absolute Gasteiger partial charge is 0.396 e. The number of hydrogen-bond donors (Lipinski definition) is 2. The third-order valence-corrected chi connectivity index (χ3v) is 4.35. The molecule has 2 aliphatic rings. The molecule has 3 rings (SSSR count). The molecule has 3 heteroatoms. The fourth-order valence-corrected chi connectivity index (χ4v) is 3.01. The quantitative estimate of drug-likeness (QED) is 0.844. The summed E-state index contributed by atoms with van der Waals surface area (Å²) in [5.74, 6) is 0.438. The van der Waals surface area contributed by atoms with Crippen molar-refractivity contribution in [3.63, 3.8) is 0 Å². The van der Waals surface area contributed by atoms with E-state index in [1.165, 1.54) is 18.4 Å². The highest BCUT2D eigenvalue weighted by molar-refractivity contribution is 5.14. The van der Waals surface area contributed by atoms with E-state index in [0.717, 1.165) is 32.1 Å². The molecule has 1 aromatic rings. The second-order valence-electron chi connectivity index (χ2n) is 6.00. The lowest BCUT2D eigenvalue weighted by Gasteiger charge is -2.38. The molecule has 3 nitrogen and oxygen atoms in total. The molecule has 1 heterocycles. The molecule has 1 aromatic carbocycles. The van der Waals surface area contributed by atoms with Crippen molar-refractivity contribution >= 4 is 0 Å². The molecule has 0 bridgehead atoms. The van der Waals surface area contributed by atoms with Crippen LogP contribution in [0.2, 0.25) is 0 Å². The first-order chi connectivity index (χ1) is 9.35. The van der Waals surface area contributed by atoms with Gasteiger partial charge in [0.05, 0.1) is 0 Å². The maximum Gasteiger partial charge on any atom is 0.0475 e. The van der Waals surface area contributed by atoms with E-state index >= 15 is 0 Å². The average Bonchev–Trinajstić information content (AvgIpc) is 3.24. The molecule has 19 heavy (non-hydrogen) atoms. The Morgan fingerprint density at radius 3 is 2.63 bits per heavy atom. The monoisotopic (exact) mass is 260 g/mol.